The Kier molecular flexibility index (Phi) is 3.60. The summed E-state index contributed by atoms with van der Waals surface area (Å²) in [6.07, 6.45) is 4.77. The Labute approximate surface area is 104 Å². The molecule has 1 aliphatic heterocycles. The molecule has 4 heteroatoms. The standard InChI is InChI=1S/C13H24N4/c1-4-10-6-8-17(9-7-10)13-12(14)11(5-2)15-16(13)3/h10H,4-9,14H2,1-3H3. The van der Waals surface area contributed by atoms with Gasteiger partial charge < -0.3 is 10.6 Å². The van der Waals surface area contributed by atoms with Crippen LogP contribution < -0.4 is 10.6 Å². The zero-order valence-corrected chi connectivity index (χ0v) is 11.2. The van der Waals surface area contributed by atoms with Crippen LogP contribution in [0.5, 0.6) is 0 Å². The molecule has 0 aliphatic carbocycles. The maximum atomic E-state index is 6.19. The van der Waals surface area contributed by atoms with Crippen LogP contribution >= 0.6 is 0 Å². The Morgan fingerprint density at radius 1 is 1.29 bits per heavy atom. The van der Waals surface area contributed by atoms with Crippen molar-refractivity contribution in [2.45, 2.75) is 39.5 Å². The highest BCUT2D eigenvalue weighted by Crippen LogP contribution is 2.30. The molecule has 0 unspecified atom stereocenters. The Balaban J connectivity index is 2.15. The summed E-state index contributed by atoms with van der Waals surface area (Å²) in [5.41, 5.74) is 8.10. The summed E-state index contributed by atoms with van der Waals surface area (Å²) in [4.78, 5) is 2.40. The molecule has 0 saturated carbocycles. The number of anilines is 2. The zero-order chi connectivity index (χ0) is 12.4. The van der Waals surface area contributed by atoms with Gasteiger partial charge in [-0.25, -0.2) is 0 Å². The van der Waals surface area contributed by atoms with Crippen LogP contribution in [-0.4, -0.2) is 22.9 Å². The van der Waals surface area contributed by atoms with Gasteiger partial charge in [0.05, 0.1) is 11.4 Å². The quantitative estimate of drug-likeness (QED) is 0.875. The lowest BCUT2D eigenvalue weighted by molar-refractivity contribution is 0.391. The first-order valence-electron chi connectivity index (χ1n) is 6.73. The van der Waals surface area contributed by atoms with Crippen molar-refractivity contribution in [3.8, 4) is 0 Å². The van der Waals surface area contributed by atoms with Crippen LogP contribution in [0.2, 0.25) is 0 Å². The second-order valence-electron chi connectivity index (χ2n) is 5.00. The molecule has 17 heavy (non-hydrogen) atoms. The normalized spacial score (nSPS) is 17.7. The first-order chi connectivity index (χ1) is 8.17. The molecule has 0 radical (unpaired) electrons. The summed E-state index contributed by atoms with van der Waals surface area (Å²) in [7, 11) is 2.00. The topological polar surface area (TPSA) is 47.1 Å². The van der Waals surface area contributed by atoms with Gasteiger partial charge in [0.1, 0.15) is 5.82 Å². The van der Waals surface area contributed by atoms with Crippen LogP contribution in [0.15, 0.2) is 0 Å². The molecule has 1 fully saturated rings. The number of rotatable bonds is 3. The predicted molar refractivity (Wildman–Crippen MR) is 72.2 cm³/mol. The van der Waals surface area contributed by atoms with E-state index in [9.17, 15) is 0 Å². The molecule has 1 aliphatic rings. The highest BCUT2D eigenvalue weighted by molar-refractivity contribution is 5.66. The second kappa shape index (κ2) is 4.98. The van der Waals surface area contributed by atoms with E-state index in [1.807, 2.05) is 11.7 Å². The number of aryl methyl sites for hydroxylation is 2. The number of nitrogens with two attached hydrogens (primary N) is 1. The Bertz CT molecular complexity index is 375. The van der Waals surface area contributed by atoms with Gasteiger partial charge in [0.15, 0.2) is 0 Å². The number of hydrogen-bond acceptors (Lipinski definition) is 3. The van der Waals surface area contributed by atoms with Gasteiger partial charge in [-0.15, -0.1) is 0 Å². The van der Waals surface area contributed by atoms with Crippen molar-refractivity contribution in [1.29, 1.82) is 0 Å². The fourth-order valence-electron chi connectivity index (χ4n) is 2.77. The Morgan fingerprint density at radius 3 is 2.41 bits per heavy atom. The fourth-order valence-corrected chi connectivity index (χ4v) is 2.77. The van der Waals surface area contributed by atoms with Gasteiger partial charge in [-0.05, 0) is 25.2 Å². The van der Waals surface area contributed by atoms with Gasteiger partial charge in [-0.1, -0.05) is 20.3 Å². The summed E-state index contributed by atoms with van der Waals surface area (Å²) in [6.45, 7) is 6.62. The first-order valence-corrected chi connectivity index (χ1v) is 6.73. The number of piperidine rings is 1. The van der Waals surface area contributed by atoms with E-state index in [1.165, 1.54) is 19.3 Å². The molecular weight excluding hydrogens is 212 g/mol. The zero-order valence-electron chi connectivity index (χ0n) is 11.2. The average Bonchev–Trinajstić information content (AvgIpc) is 2.64. The highest BCUT2D eigenvalue weighted by atomic mass is 15.4. The van der Waals surface area contributed by atoms with Gasteiger partial charge in [0, 0.05) is 20.1 Å². The molecular formula is C13H24N4. The van der Waals surface area contributed by atoms with Crippen LogP contribution in [-0.2, 0) is 13.5 Å². The predicted octanol–water partition coefficient (Wildman–Crippen LogP) is 2.19. The molecule has 2 heterocycles. The highest BCUT2D eigenvalue weighted by Gasteiger charge is 2.23. The maximum absolute atomic E-state index is 6.19. The van der Waals surface area contributed by atoms with Crippen LogP contribution in [0.1, 0.15) is 38.8 Å². The molecule has 0 aromatic carbocycles. The largest absolute Gasteiger partial charge is 0.394 e. The van der Waals surface area contributed by atoms with Crippen molar-refractivity contribution in [3.63, 3.8) is 0 Å². The Morgan fingerprint density at radius 2 is 1.94 bits per heavy atom. The summed E-state index contributed by atoms with van der Waals surface area (Å²) in [5.74, 6) is 2.02. The first kappa shape index (κ1) is 12.3. The summed E-state index contributed by atoms with van der Waals surface area (Å²) < 4.78 is 1.94. The van der Waals surface area contributed by atoms with E-state index in [0.717, 1.165) is 42.6 Å². The van der Waals surface area contributed by atoms with Crippen LogP contribution in [0, 0.1) is 5.92 Å². The van der Waals surface area contributed by atoms with Crippen LogP contribution in [0.25, 0.3) is 0 Å². The monoisotopic (exact) mass is 236 g/mol. The average molecular weight is 236 g/mol. The molecule has 4 nitrogen and oxygen atoms in total. The minimum atomic E-state index is 0.880. The van der Waals surface area contributed by atoms with Gasteiger partial charge in [-0.3, -0.25) is 4.68 Å². The van der Waals surface area contributed by atoms with Crippen molar-refractivity contribution < 1.29 is 0 Å². The van der Waals surface area contributed by atoms with E-state index >= 15 is 0 Å². The van der Waals surface area contributed by atoms with Crippen molar-refractivity contribution in [3.05, 3.63) is 5.69 Å². The summed E-state index contributed by atoms with van der Waals surface area (Å²) >= 11 is 0. The molecule has 96 valence electrons. The summed E-state index contributed by atoms with van der Waals surface area (Å²) in [5, 5.41) is 4.49. The molecule has 1 aromatic heterocycles. The third kappa shape index (κ3) is 2.26. The van der Waals surface area contributed by atoms with Gasteiger partial charge in [0.2, 0.25) is 0 Å². The number of aromatic nitrogens is 2. The van der Waals surface area contributed by atoms with Gasteiger partial charge >= 0.3 is 0 Å². The molecule has 2 rings (SSSR count). The minimum Gasteiger partial charge on any atom is -0.394 e. The molecule has 0 bridgehead atoms. The van der Waals surface area contributed by atoms with Crippen molar-refractivity contribution in [1.82, 2.24) is 9.78 Å². The van der Waals surface area contributed by atoms with Crippen LogP contribution in [0.4, 0.5) is 11.5 Å². The van der Waals surface area contributed by atoms with Crippen LogP contribution in [0.3, 0.4) is 0 Å². The Hall–Kier alpha value is -1.19. The third-order valence-electron chi connectivity index (χ3n) is 3.96. The van der Waals surface area contributed by atoms with Crippen molar-refractivity contribution in [2.24, 2.45) is 13.0 Å². The summed E-state index contributed by atoms with van der Waals surface area (Å²) in [6, 6.07) is 0. The van der Waals surface area contributed by atoms with E-state index in [-0.39, 0.29) is 0 Å². The van der Waals surface area contributed by atoms with E-state index < -0.39 is 0 Å². The van der Waals surface area contributed by atoms with E-state index in [4.69, 9.17) is 5.73 Å². The fraction of sp³-hybridized carbons (Fsp3) is 0.769. The lowest BCUT2D eigenvalue weighted by atomic mass is 9.94. The molecule has 1 aromatic rings. The molecule has 0 atom stereocenters. The molecule has 0 amide bonds. The van der Waals surface area contributed by atoms with Crippen molar-refractivity contribution in [2.75, 3.05) is 23.7 Å². The van der Waals surface area contributed by atoms with Crippen molar-refractivity contribution >= 4 is 11.5 Å². The third-order valence-corrected chi connectivity index (χ3v) is 3.96. The van der Waals surface area contributed by atoms with E-state index in [2.05, 4.69) is 23.8 Å². The molecule has 0 spiro atoms. The maximum Gasteiger partial charge on any atom is 0.150 e. The smallest absolute Gasteiger partial charge is 0.150 e. The SMILES string of the molecule is CCc1nn(C)c(N2CCC(CC)CC2)c1N. The minimum absolute atomic E-state index is 0.880. The number of nitrogens with zero attached hydrogens (tertiary/aromatic N) is 3. The molecule has 1 saturated heterocycles. The molecule has 2 N–H and O–H groups in total. The van der Waals surface area contributed by atoms with E-state index in [1.54, 1.807) is 0 Å². The number of nitrogen functional groups attached to an aromatic ring is 1. The van der Waals surface area contributed by atoms with Gasteiger partial charge in [-0.2, -0.15) is 5.10 Å². The number of hydrogen-bond donors (Lipinski definition) is 1. The lowest BCUT2D eigenvalue weighted by Gasteiger charge is -2.33. The van der Waals surface area contributed by atoms with Gasteiger partial charge in [0.25, 0.3) is 0 Å². The van der Waals surface area contributed by atoms with E-state index in [0.29, 0.717) is 0 Å². The second-order valence-corrected chi connectivity index (χ2v) is 5.00. The lowest BCUT2D eigenvalue weighted by Crippen LogP contribution is -2.35.